The summed E-state index contributed by atoms with van der Waals surface area (Å²) in [5.41, 5.74) is 5.01. The van der Waals surface area contributed by atoms with Crippen LogP contribution in [0.3, 0.4) is 0 Å². The van der Waals surface area contributed by atoms with E-state index in [1.165, 1.54) is 77.0 Å². The quantitative estimate of drug-likeness (QED) is 0.493. The Morgan fingerprint density at radius 3 is 2.52 bits per heavy atom. The van der Waals surface area contributed by atoms with Gasteiger partial charge in [0.15, 0.2) is 0 Å². The molecule has 1 saturated carbocycles. The zero-order valence-electron chi connectivity index (χ0n) is 15.4. The Balaban J connectivity index is 1.55. The first-order valence-electron chi connectivity index (χ1n) is 10.4. The molecule has 1 atom stereocenters. The van der Waals surface area contributed by atoms with Crippen molar-refractivity contribution in [2.45, 2.75) is 96.8 Å². The molecule has 0 saturated heterocycles. The van der Waals surface area contributed by atoms with Crippen LogP contribution in [-0.2, 0) is 12.8 Å². The summed E-state index contributed by atoms with van der Waals surface area (Å²) in [4.78, 5) is 0. The number of aryl methyl sites for hydroxylation is 1. The van der Waals surface area contributed by atoms with Crippen molar-refractivity contribution in [3.8, 4) is 0 Å². The molecule has 0 nitrogen and oxygen atoms in total. The van der Waals surface area contributed by atoms with Crippen molar-refractivity contribution < 1.29 is 0 Å². The van der Waals surface area contributed by atoms with E-state index in [-0.39, 0.29) is 0 Å². The van der Waals surface area contributed by atoms with Gasteiger partial charge in [-0.3, -0.25) is 0 Å². The second-order valence-electron chi connectivity index (χ2n) is 8.44. The van der Waals surface area contributed by atoms with Crippen LogP contribution in [0.15, 0.2) is 18.2 Å². The van der Waals surface area contributed by atoms with Gasteiger partial charge in [0.2, 0.25) is 0 Å². The number of fused-ring (bicyclic) bond motifs is 1. The maximum Gasteiger partial charge on any atom is -0.0162 e. The Morgan fingerprint density at radius 1 is 0.913 bits per heavy atom. The summed E-state index contributed by atoms with van der Waals surface area (Å²) < 4.78 is 0. The summed E-state index contributed by atoms with van der Waals surface area (Å²) in [5.74, 6) is 2.77. The standard InChI is InChI=1S/C23H36/c1-3-4-5-6-7-19-10-13-23-17-22(15-14-21(23)16-19)20-11-8-18(2)9-12-20/h14-15,17-20H,3-13,16H2,1-2H3. The van der Waals surface area contributed by atoms with Crippen LogP contribution in [0.4, 0.5) is 0 Å². The van der Waals surface area contributed by atoms with E-state index in [9.17, 15) is 0 Å². The van der Waals surface area contributed by atoms with Gasteiger partial charge in [-0.15, -0.1) is 0 Å². The molecule has 3 rings (SSSR count). The molecule has 0 aliphatic heterocycles. The molecule has 0 aromatic heterocycles. The minimum absolute atomic E-state index is 0.850. The van der Waals surface area contributed by atoms with Crippen LogP contribution in [-0.4, -0.2) is 0 Å². The van der Waals surface area contributed by atoms with Gasteiger partial charge in [0.05, 0.1) is 0 Å². The molecule has 0 amide bonds. The smallest absolute Gasteiger partial charge is 0.0162 e. The lowest BCUT2D eigenvalue weighted by Crippen LogP contribution is -2.16. The molecule has 0 spiro atoms. The molecule has 1 unspecified atom stereocenters. The topological polar surface area (TPSA) is 0 Å². The Kier molecular flexibility index (Phi) is 6.20. The zero-order chi connectivity index (χ0) is 16.1. The highest BCUT2D eigenvalue weighted by molar-refractivity contribution is 5.36. The largest absolute Gasteiger partial charge is 0.0654 e. The molecule has 128 valence electrons. The summed E-state index contributed by atoms with van der Waals surface area (Å²) in [5, 5.41) is 0. The minimum atomic E-state index is 0.850. The van der Waals surface area contributed by atoms with E-state index in [0.29, 0.717) is 0 Å². The third-order valence-electron chi connectivity index (χ3n) is 6.51. The molecule has 0 heteroatoms. The second-order valence-corrected chi connectivity index (χ2v) is 8.44. The summed E-state index contributed by atoms with van der Waals surface area (Å²) in [6.07, 6.45) is 17.0. The van der Waals surface area contributed by atoms with E-state index < -0.39 is 0 Å². The van der Waals surface area contributed by atoms with E-state index in [4.69, 9.17) is 0 Å². The number of hydrogen-bond acceptors (Lipinski definition) is 0. The van der Waals surface area contributed by atoms with Crippen molar-refractivity contribution >= 4 is 0 Å². The maximum absolute atomic E-state index is 2.59. The third kappa shape index (κ3) is 4.61. The zero-order valence-corrected chi connectivity index (χ0v) is 15.4. The molecule has 23 heavy (non-hydrogen) atoms. The lowest BCUT2D eigenvalue weighted by molar-refractivity contribution is 0.347. The highest BCUT2D eigenvalue weighted by atomic mass is 14.3. The van der Waals surface area contributed by atoms with Gasteiger partial charge in [-0.2, -0.15) is 0 Å². The molecule has 1 aromatic rings. The highest BCUT2D eigenvalue weighted by Crippen LogP contribution is 2.37. The Labute approximate surface area is 144 Å². The number of benzene rings is 1. The van der Waals surface area contributed by atoms with Crippen molar-refractivity contribution in [3.63, 3.8) is 0 Å². The molecule has 2 aliphatic carbocycles. The molecular weight excluding hydrogens is 276 g/mol. The monoisotopic (exact) mass is 312 g/mol. The normalized spacial score (nSPS) is 27.7. The fourth-order valence-electron chi connectivity index (χ4n) is 4.80. The molecule has 1 aromatic carbocycles. The Hall–Kier alpha value is -0.780. The predicted molar refractivity (Wildman–Crippen MR) is 101 cm³/mol. The van der Waals surface area contributed by atoms with Crippen molar-refractivity contribution in [2.24, 2.45) is 11.8 Å². The number of rotatable bonds is 6. The summed E-state index contributed by atoms with van der Waals surface area (Å²) >= 11 is 0. The van der Waals surface area contributed by atoms with Gasteiger partial charge in [-0.1, -0.05) is 77.0 Å². The van der Waals surface area contributed by atoms with Gasteiger partial charge in [0.25, 0.3) is 0 Å². The van der Waals surface area contributed by atoms with Gasteiger partial charge < -0.3 is 0 Å². The van der Waals surface area contributed by atoms with E-state index in [1.54, 1.807) is 16.7 Å². The van der Waals surface area contributed by atoms with Crippen LogP contribution >= 0.6 is 0 Å². The van der Waals surface area contributed by atoms with Crippen molar-refractivity contribution in [1.29, 1.82) is 0 Å². The fourth-order valence-corrected chi connectivity index (χ4v) is 4.80. The van der Waals surface area contributed by atoms with Crippen LogP contribution < -0.4 is 0 Å². The summed E-state index contributed by atoms with van der Waals surface area (Å²) in [6, 6.07) is 7.54. The number of unbranched alkanes of at least 4 members (excludes halogenated alkanes) is 3. The number of hydrogen-bond donors (Lipinski definition) is 0. The van der Waals surface area contributed by atoms with Crippen LogP contribution in [0.25, 0.3) is 0 Å². The summed E-state index contributed by atoms with van der Waals surface area (Å²) in [6.45, 7) is 4.73. The molecule has 1 fully saturated rings. The van der Waals surface area contributed by atoms with Gasteiger partial charge in [-0.25, -0.2) is 0 Å². The van der Waals surface area contributed by atoms with Gasteiger partial charge >= 0.3 is 0 Å². The molecule has 2 aliphatic rings. The van der Waals surface area contributed by atoms with E-state index in [2.05, 4.69) is 32.0 Å². The van der Waals surface area contributed by atoms with Crippen LogP contribution in [0, 0.1) is 11.8 Å². The lowest BCUT2D eigenvalue weighted by atomic mass is 9.76. The first kappa shape index (κ1) is 17.1. The molecule has 0 bridgehead atoms. The summed E-state index contributed by atoms with van der Waals surface area (Å²) in [7, 11) is 0. The van der Waals surface area contributed by atoms with Crippen LogP contribution in [0.2, 0.25) is 0 Å². The van der Waals surface area contributed by atoms with Crippen molar-refractivity contribution in [2.75, 3.05) is 0 Å². The van der Waals surface area contributed by atoms with Gasteiger partial charge in [0.1, 0.15) is 0 Å². The fraction of sp³-hybridized carbons (Fsp3) is 0.739. The SMILES string of the molecule is CCCCCCC1CCc2cc(C3CCC(C)CC3)ccc2C1. The molecule has 0 heterocycles. The lowest BCUT2D eigenvalue weighted by Gasteiger charge is -2.29. The second kappa shape index (κ2) is 8.36. The Bertz CT molecular complexity index is 479. The van der Waals surface area contributed by atoms with E-state index in [1.807, 2.05) is 0 Å². The van der Waals surface area contributed by atoms with Crippen LogP contribution in [0.5, 0.6) is 0 Å². The van der Waals surface area contributed by atoms with Crippen molar-refractivity contribution in [3.05, 3.63) is 34.9 Å². The average molecular weight is 313 g/mol. The predicted octanol–water partition coefficient (Wildman–Crippen LogP) is 7.06. The van der Waals surface area contributed by atoms with Crippen LogP contribution in [0.1, 0.15) is 101 Å². The third-order valence-corrected chi connectivity index (χ3v) is 6.51. The van der Waals surface area contributed by atoms with Gasteiger partial charge in [-0.05, 0) is 66.5 Å². The van der Waals surface area contributed by atoms with Crippen molar-refractivity contribution in [1.82, 2.24) is 0 Å². The average Bonchev–Trinajstić information content (AvgIpc) is 2.59. The molecule has 0 radical (unpaired) electrons. The maximum atomic E-state index is 2.59. The molecule has 0 N–H and O–H groups in total. The first-order chi connectivity index (χ1) is 11.3. The highest BCUT2D eigenvalue weighted by Gasteiger charge is 2.22. The first-order valence-corrected chi connectivity index (χ1v) is 10.4. The Morgan fingerprint density at radius 2 is 1.74 bits per heavy atom. The van der Waals surface area contributed by atoms with E-state index in [0.717, 1.165) is 17.8 Å². The van der Waals surface area contributed by atoms with Gasteiger partial charge in [0, 0.05) is 0 Å². The molecular formula is C23H36. The van der Waals surface area contributed by atoms with E-state index >= 15 is 0 Å². The minimum Gasteiger partial charge on any atom is -0.0654 e.